The van der Waals surface area contributed by atoms with Gasteiger partial charge in [0, 0.05) is 0 Å². The van der Waals surface area contributed by atoms with Crippen molar-refractivity contribution in [3.8, 4) is 0 Å². The molecule has 1 fully saturated rings. The second-order valence-corrected chi connectivity index (χ2v) is 6.93. The van der Waals surface area contributed by atoms with Gasteiger partial charge in [-0.05, 0) is 47.4 Å². The first-order chi connectivity index (χ1) is 12.5. The predicted molar refractivity (Wildman–Crippen MR) is 102 cm³/mol. The van der Waals surface area contributed by atoms with Gasteiger partial charge in [-0.3, -0.25) is 9.69 Å². The van der Waals surface area contributed by atoms with Gasteiger partial charge in [0.15, 0.2) is 0 Å². The van der Waals surface area contributed by atoms with E-state index in [1.807, 2.05) is 73.7 Å². The van der Waals surface area contributed by atoms with E-state index in [1.54, 1.807) is 6.92 Å². The van der Waals surface area contributed by atoms with Crippen LogP contribution < -0.4 is 5.32 Å². The lowest BCUT2D eigenvalue weighted by Crippen LogP contribution is -2.40. The minimum Gasteiger partial charge on any atom is -0.319 e. The molecule has 0 radical (unpaired) electrons. The van der Waals surface area contributed by atoms with E-state index in [9.17, 15) is 9.59 Å². The zero-order chi connectivity index (χ0) is 18.3. The monoisotopic (exact) mass is 344 g/mol. The van der Waals surface area contributed by atoms with Crippen molar-refractivity contribution in [1.29, 1.82) is 0 Å². The van der Waals surface area contributed by atoms with Gasteiger partial charge in [0.05, 0.1) is 6.54 Å². The number of fused-ring (bicyclic) bond motifs is 1. The summed E-state index contributed by atoms with van der Waals surface area (Å²) in [5.74, 6) is -0.221. The van der Waals surface area contributed by atoms with E-state index in [1.165, 1.54) is 4.90 Å². The van der Waals surface area contributed by atoms with E-state index in [4.69, 9.17) is 0 Å². The Morgan fingerprint density at radius 3 is 2.38 bits per heavy atom. The summed E-state index contributed by atoms with van der Waals surface area (Å²) >= 11 is 0. The van der Waals surface area contributed by atoms with Crippen LogP contribution in [0.15, 0.2) is 66.7 Å². The molecule has 1 aliphatic heterocycles. The van der Waals surface area contributed by atoms with E-state index < -0.39 is 5.54 Å². The van der Waals surface area contributed by atoms with Crippen molar-refractivity contribution in [3.05, 3.63) is 83.4 Å². The Balaban J connectivity index is 1.69. The number of hydrogen-bond acceptors (Lipinski definition) is 2. The number of nitrogens with zero attached hydrogens (tertiary/aromatic N) is 1. The summed E-state index contributed by atoms with van der Waals surface area (Å²) < 4.78 is 0. The first kappa shape index (κ1) is 16.3. The molecule has 0 aromatic heterocycles. The molecule has 1 N–H and O–H groups in total. The minimum absolute atomic E-state index is 0.221. The molecule has 1 aliphatic rings. The fraction of sp³-hybridized carbons (Fsp3) is 0.182. The fourth-order valence-electron chi connectivity index (χ4n) is 3.49. The number of carbonyl (C=O) groups is 2. The van der Waals surface area contributed by atoms with E-state index >= 15 is 0 Å². The van der Waals surface area contributed by atoms with Crippen LogP contribution in [0.4, 0.5) is 4.79 Å². The second-order valence-electron chi connectivity index (χ2n) is 6.93. The van der Waals surface area contributed by atoms with Crippen LogP contribution in [0.5, 0.6) is 0 Å². The molecule has 1 saturated heterocycles. The van der Waals surface area contributed by atoms with Crippen LogP contribution in [0.1, 0.15) is 23.6 Å². The average Bonchev–Trinajstić information content (AvgIpc) is 2.87. The maximum atomic E-state index is 13.1. The summed E-state index contributed by atoms with van der Waals surface area (Å²) in [5.41, 5.74) is 1.78. The molecule has 0 bridgehead atoms. The molecule has 1 heterocycles. The number of nitrogens with one attached hydrogen (secondary N) is 1. The van der Waals surface area contributed by atoms with Crippen molar-refractivity contribution < 1.29 is 9.59 Å². The number of carbonyl (C=O) groups excluding carboxylic acids is 2. The summed E-state index contributed by atoms with van der Waals surface area (Å²) in [6, 6.07) is 21.3. The zero-order valence-electron chi connectivity index (χ0n) is 14.8. The molecule has 1 unspecified atom stereocenters. The summed E-state index contributed by atoms with van der Waals surface area (Å²) in [4.78, 5) is 27.0. The predicted octanol–water partition coefficient (Wildman–Crippen LogP) is 4.12. The molecule has 130 valence electrons. The third-order valence-corrected chi connectivity index (χ3v) is 5.19. The quantitative estimate of drug-likeness (QED) is 0.727. The van der Waals surface area contributed by atoms with Gasteiger partial charge in [-0.15, -0.1) is 0 Å². The Hall–Kier alpha value is -3.14. The third kappa shape index (κ3) is 2.54. The van der Waals surface area contributed by atoms with Gasteiger partial charge in [0.2, 0.25) is 0 Å². The van der Waals surface area contributed by atoms with Crippen LogP contribution in [0.25, 0.3) is 10.8 Å². The fourth-order valence-corrected chi connectivity index (χ4v) is 3.49. The van der Waals surface area contributed by atoms with E-state index in [0.29, 0.717) is 0 Å². The summed E-state index contributed by atoms with van der Waals surface area (Å²) in [6.45, 7) is 4.03. The number of amides is 3. The standard InChI is InChI=1S/C22H20N2O2/c1-15-7-3-4-10-18(15)14-24-20(25)22(2,23-21(24)26)19-12-11-16-8-5-6-9-17(16)13-19/h3-13H,14H2,1-2H3,(H,23,26). The molecule has 0 spiro atoms. The lowest BCUT2D eigenvalue weighted by atomic mass is 9.90. The van der Waals surface area contributed by atoms with Gasteiger partial charge in [-0.2, -0.15) is 0 Å². The Bertz CT molecular complexity index is 1030. The smallest absolute Gasteiger partial charge is 0.319 e. The maximum absolute atomic E-state index is 13.1. The highest BCUT2D eigenvalue weighted by Crippen LogP contribution is 2.32. The number of imide groups is 1. The topological polar surface area (TPSA) is 49.4 Å². The molecule has 4 nitrogen and oxygen atoms in total. The van der Waals surface area contributed by atoms with Crippen molar-refractivity contribution in [2.75, 3.05) is 0 Å². The van der Waals surface area contributed by atoms with Crippen LogP contribution >= 0.6 is 0 Å². The Morgan fingerprint density at radius 2 is 1.62 bits per heavy atom. The number of aryl methyl sites for hydroxylation is 1. The Kier molecular flexibility index (Phi) is 3.76. The maximum Gasteiger partial charge on any atom is 0.325 e. The van der Waals surface area contributed by atoms with Gasteiger partial charge in [0.1, 0.15) is 5.54 Å². The van der Waals surface area contributed by atoms with Gasteiger partial charge >= 0.3 is 6.03 Å². The van der Waals surface area contributed by atoms with E-state index in [0.717, 1.165) is 27.5 Å². The van der Waals surface area contributed by atoms with Crippen LogP contribution in [0, 0.1) is 6.92 Å². The molecular weight excluding hydrogens is 324 g/mol. The molecule has 1 atom stereocenters. The molecule has 4 rings (SSSR count). The summed E-state index contributed by atoms with van der Waals surface area (Å²) in [5, 5.41) is 5.04. The number of rotatable bonds is 3. The lowest BCUT2D eigenvalue weighted by Gasteiger charge is -2.23. The molecule has 0 aliphatic carbocycles. The van der Waals surface area contributed by atoms with Gasteiger partial charge in [-0.25, -0.2) is 4.79 Å². The van der Waals surface area contributed by atoms with E-state index in [-0.39, 0.29) is 18.5 Å². The van der Waals surface area contributed by atoms with Crippen molar-refractivity contribution in [1.82, 2.24) is 10.2 Å². The van der Waals surface area contributed by atoms with Crippen molar-refractivity contribution >= 4 is 22.7 Å². The van der Waals surface area contributed by atoms with Crippen LogP contribution in [-0.2, 0) is 16.9 Å². The highest BCUT2D eigenvalue weighted by Gasteiger charge is 2.48. The zero-order valence-corrected chi connectivity index (χ0v) is 14.8. The highest BCUT2D eigenvalue weighted by molar-refractivity contribution is 6.07. The second kappa shape index (κ2) is 5.99. The molecule has 26 heavy (non-hydrogen) atoms. The van der Waals surface area contributed by atoms with E-state index in [2.05, 4.69) is 5.32 Å². The van der Waals surface area contributed by atoms with Gasteiger partial charge in [-0.1, -0.05) is 60.7 Å². The SMILES string of the molecule is Cc1ccccc1CN1C(=O)NC(C)(c2ccc3ccccc3c2)C1=O. The van der Waals surface area contributed by atoms with Crippen molar-refractivity contribution in [3.63, 3.8) is 0 Å². The molecular formula is C22H20N2O2. The van der Waals surface area contributed by atoms with Crippen LogP contribution in [0.2, 0.25) is 0 Å². The molecule has 3 amide bonds. The number of urea groups is 1. The Morgan fingerprint density at radius 1 is 0.923 bits per heavy atom. The summed E-state index contributed by atoms with van der Waals surface area (Å²) in [6.07, 6.45) is 0. The van der Waals surface area contributed by atoms with Gasteiger partial charge in [0.25, 0.3) is 5.91 Å². The Labute approximate surface area is 152 Å². The number of benzene rings is 3. The van der Waals surface area contributed by atoms with Crippen LogP contribution in [0.3, 0.4) is 0 Å². The molecule has 3 aromatic rings. The largest absolute Gasteiger partial charge is 0.325 e. The number of hydrogen-bond donors (Lipinski definition) is 1. The van der Waals surface area contributed by atoms with Gasteiger partial charge < -0.3 is 5.32 Å². The lowest BCUT2D eigenvalue weighted by molar-refractivity contribution is -0.131. The van der Waals surface area contributed by atoms with Crippen molar-refractivity contribution in [2.45, 2.75) is 25.9 Å². The molecule has 4 heteroatoms. The van der Waals surface area contributed by atoms with Crippen LogP contribution in [-0.4, -0.2) is 16.8 Å². The molecule has 3 aromatic carbocycles. The summed E-state index contributed by atoms with van der Waals surface area (Å²) in [7, 11) is 0. The van der Waals surface area contributed by atoms with Crippen molar-refractivity contribution in [2.24, 2.45) is 0 Å². The highest BCUT2D eigenvalue weighted by atomic mass is 16.2. The first-order valence-electron chi connectivity index (χ1n) is 8.67. The first-order valence-corrected chi connectivity index (χ1v) is 8.67. The third-order valence-electron chi connectivity index (χ3n) is 5.19. The average molecular weight is 344 g/mol. The minimum atomic E-state index is -1.05. The molecule has 0 saturated carbocycles. The normalized spacial score (nSPS) is 19.8.